The zero-order valence-corrected chi connectivity index (χ0v) is 13.1. The molecule has 4 nitrogen and oxygen atoms in total. The van der Waals surface area contributed by atoms with Crippen molar-refractivity contribution in [2.75, 3.05) is 6.54 Å². The molecule has 0 radical (unpaired) electrons. The molecule has 0 fully saturated rings. The summed E-state index contributed by atoms with van der Waals surface area (Å²) in [4.78, 5) is 21.3. The van der Waals surface area contributed by atoms with Crippen LogP contribution in [-0.2, 0) is 9.59 Å². The fourth-order valence-electron chi connectivity index (χ4n) is 1.42. The standard InChI is InChI=1S/C12H23NO3.Na/c1-2-3-5-8-11(14)13-10-7-4-6-9-12(15)16;/h2-10H2,1H3,(H,13,14)(H,15,16);/q;+1/p-1. The molecule has 5 heteroatoms. The summed E-state index contributed by atoms with van der Waals surface area (Å²) in [5.74, 6) is -0.892. The molecule has 0 saturated carbocycles. The van der Waals surface area contributed by atoms with Crippen LogP contribution in [-0.4, -0.2) is 18.4 Å². The van der Waals surface area contributed by atoms with Gasteiger partial charge in [0.2, 0.25) is 5.91 Å². The van der Waals surface area contributed by atoms with Crippen LogP contribution in [0.4, 0.5) is 0 Å². The van der Waals surface area contributed by atoms with Gasteiger partial charge < -0.3 is 15.2 Å². The van der Waals surface area contributed by atoms with Gasteiger partial charge >= 0.3 is 29.6 Å². The van der Waals surface area contributed by atoms with Crippen molar-refractivity contribution in [1.29, 1.82) is 0 Å². The second-order valence-corrected chi connectivity index (χ2v) is 3.99. The minimum absolute atomic E-state index is 0. The monoisotopic (exact) mass is 251 g/mol. The molecule has 94 valence electrons. The summed E-state index contributed by atoms with van der Waals surface area (Å²) < 4.78 is 0. The Morgan fingerprint density at radius 1 is 1.00 bits per heavy atom. The summed E-state index contributed by atoms with van der Waals surface area (Å²) in [5, 5.41) is 12.9. The fourth-order valence-corrected chi connectivity index (χ4v) is 1.42. The van der Waals surface area contributed by atoms with Crippen LogP contribution in [0.1, 0.15) is 58.3 Å². The van der Waals surface area contributed by atoms with Crippen molar-refractivity contribution < 1.29 is 44.3 Å². The first-order valence-electron chi connectivity index (χ1n) is 6.13. The van der Waals surface area contributed by atoms with E-state index in [0.717, 1.165) is 32.1 Å². The first-order valence-corrected chi connectivity index (χ1v) is 6.13. The summed E-state index contributed by atoms with van der Waals surface area (Å²) in [6, 6.07) is 0. The van der Waals surface area contributed by atoms with Crippen LogP contribution in [0.25, 0.3) is 0 Å². The topological polar surface area (TPSA) is 69.2 Å². The third-order valence-electron chi connectivity index (χ3n) is 2.39. The second-order valence-electron chi connectivity index (χ2n) is 3.99. The van der Waals surface area contributed by atoms with Gasteiger partial charge in [-0.2, -0.15) is 0 Å². The van der Waals surface area contributed by atoms with E-state index < -0.39 is 5.97 Å². The number of rotatable bonds is 10. The molecular formula is C12H22NNaO3. The summed E-state index contributed by atoms with van der Waals surface area (Å²) in [6.07, 6.45) is 6.18. The Hall–Kier alpha value is -0.0600. The molecule has 0 aliphatic rings. The van der Waals surface area contributed by atoms with Crippen LogP contribution in [0.15, 0.2) is 0 Å². The largest absolute Gasteiger partial charge is 1.00 e. The van der Waals surface area contributed by atoms with Crippen LogP contribution in [0, 0.1) is 0 Å². The molecule has 0 aromatic carbocycles. The molecule has 0 rings (SSSR count). The van der Waals surface area contributed by atoms with Gasteiger partial charge in [-0.15, -0.1) is 0 Å². The molecule has 0 aliphatic carbocycles. The van der Waals surface area contributed by atoms with E-state index in [1.165, 1.54) is 0 Å². The Bertz CT molecular complexity index is 210. The van der Waals surface area contributed by atoms with E-state index in [1.54, 1.807) is 0 Å². The van der Waals surface area contributed by atoms with Crippen molar-refractivity contribution >= 4 is 11.9 Å². The van der Waals surface area contributed by atoms with Gasteiger partial charge in [0.1, 0.15) is 0 Å². The van der Waals surface area contributed by atoms with Gasteiger partial charge in [0.05, 0.1) is 0 Å². The number of carbonyl (C=O) groups is 2. The van der Waals surface area contributed by atoms with E-state index in [2.05, 4.69) is 12.2 Å². The molecule has 0 spiro atoms. The summed E-state index contributed by atoms with van der Waals surface area (Å²) in [7, 11) is 0. The van der Waals surface area contributed by atoms with Crippen molar-refractivity contribution in [1.82, 2.24) is 5.32 Å². The average molecular weight is 251 g/mol. The number of nitrogens with one attached hydrogen (secondary N) is 1. The van der Waals surface area contributed by atoms with Gasteiger partial charge in [0.25, 0.3) is 0 Å². The number of hydrogen-bond acceptors (Lipinski definition) is 3. The van der Waals surface area contributed by atoms with Crippen molar-refractivity contribution in [2.45, 2.75) is 58.3 Å². The molecule has 0 aromatic rings. The van der Waals surface area contributed by atoms with Gasteiger partial charge in [-0.25, -0.2) is 0 Å². The molecular weight excluding hydrogens is 229 g/mol. The van der Waals surface area contributed by atoms with E-state index in [1.807, 2.05) is 0 Å². The van der Waals surface area contributed by atoms with E-state index in [-0.39, 0.29) is 41.9 Å². The Morgan fingerprint density at radius 3 is 2.24 bits per heavy atom. The van der Waals surface area contributed by atoms with Crippen LogP contribution in [0.2, 0.25) is 0 Å². The SMILES string of the molecule is CCCCCC(=O)NCCCCCC(=O)[O-].[Na+]. The third-order valence-corrected chi connectivity index (χ3v) is 2.39. The molecule has 17 heavy (non-hydrogen) atoms. The normalized spacial score (nSPS) is 9.47. The predicted molar refractivity (Wildman–Crippen MR) is 60.6 cm³/mol. The zero-order valence-electron chi connectivity index (χ0n) is 11.1. The zero-order chi connectivity index (χ0) is 12.2. The van der Waals surface area contributed by atoms with Crippen LogP contribution < -0.4 is 40.0 Å². The van der Waals surface area contributed by atoms with Crippen molar-refractivity contribution in [2.24, 2.45) is 0 Å². The summed E-state index contributed by atoms with van der Waals surface area (Å²) in [6.45, 7) is 2.76. The second kappa shape index (κ2) is 14.0. The Morgan fingerprint density at radius 2 is 1.65 bits per heavy atom. The molecule has 0 saturated heterocycles. The van der Waals surface area contributed by atoms with E-state index in [9.17, 15) is 14.7 Å². The summed E-state index contributed by atoms with van der Waals surface area (Å²) in [5.41, 5.74) is 0. The van der Waals surface area contributed by atoms with Crippen molar-refractivity contribution in [3.05, 3.63) is 0 Å². The smallest absolute Gasteiger partial charge is 0.550 e. The predicted octanol–water partition coefficient (Wildman–Crippen LogP) is -2.00. The number of hydrogen-bond donors (Lipinski definition) is 1. The number of carbonyl (C=O) groups excluding carboxylic acids is 2. The van der Waals surface area contributed by atoms with Crippen molar-refractivity contribution in [3.63, 3.8) is 0 Å². The van der Waals surface area contributed by atoms with E-state index in [0.29, 0.717) is 19.4 Å². The Balaban J connectivity index is 0. The number of unbranched alkanes of at least 4 members (excludes halogenated alkanes) is 4. The third kappa shape index (κ3) is 15.9. The summed E-state index contributed by atoms with van der Waals surface area (Å²) >= 11 is 0. The molecule has 0 bridgehead atoms. The quantitative estimate of drug-likeness (QED) is 0.360. The molecule has 0 heterocycles. The molecule has 0 aromatic heterocycles. The molecule has 1 amide bonds. The molecule has 1 N–H and O–H groups in total. The van der Waals surface area contributed by atoms with Gasteiger partial charge in [0, 0.05) is 18.9 Å². The Labute approximate surface area is 126 Å². The van der Waals surface area contributed by atoms with Crippen molar-refractivity contribution in [3.8, 4) is 0 Å². The van der Waals surface area contributed by atoms with Gasteiger partial charge in [-0.3, -0.25) is 4.79 Å². The van der Waals surface area contributed by atoms with Crippen LogP contribution in [0.3, 0.4) is 0 Å². The average Bonchev–Trinajstić information content (AvgIpc) is 2.23. The van der Waals surface area contributed by atoms with Gasteiger partial charge in [-0.1, -0.05) is 26.2 Å². The maximum absolute atomic E-state index is 11.2. The number of carboxylic acids is 1. The Kier molecular flexibility index (Phi) is 15.9. The number of carboxylic acid groups (broad SMARTS) is 1. The number of aliphatic carboxylic acids is 1. The minimum atomic E-state index is -0.997. The molecule has 0 aliphatic heterocycles. The van der Waals surface area contributed by atoms with Crippen LogP contribution in [0.5, 0.6) is 0 Å². The van der Waals surface area contributed by atoms with E-state index in [4.69, 9.17) is 0 Å². The maximum Gasteiger partial charge on any atom is 1.00 e. The fraction of sp³-hybridized carbons (Fsp3) is 0.833. The van der Waals surface area contributed by atoms with Gasteiger partial charge in [0.15, 0.2) is 0 Å². The molecule has 0 unspecified atom stereocenters. The number of amides is 1. The van der Waals surface area contributed by atoms with Gasteiger partial charge in [-0.05, 0) is 25.7 Å². The first kappa shape index (κ1) is 19.3. The van der Waals surface area contributed by atoms with E-state index >= 15 is 0 Å². The maximum atomic E-state index is 11.2. The molecule has 0 atom stereocenters. The minimum Gasteiger partial charge on any atom is -0.550 e. The first-order chi connectivity index (χ1) is 7.66. The van der Waals surface area contributed by atoms with Crippen LogP contribution >= 0.6 is 0 Å².